The fourth-order valence-electron chi connectivity index (χ4n) is 3.22. The molecule has 0 aromatic carbocycles. The van der Waals surface area contributed by atoms with Gasteiger partial charge in [-0.25, -0.2) is 9.78 Å². The van der Waals surface area contributed by atoms with Gasteiger partial charge in [-0.05, 0) is 30.9 Å². The molecule has 1 amide bonds. The van der Waals surface area contributed by atoms with Crippen LogP contribution in [0.15, 0.2) is 18.3 Å². The number of hydrogen-bond donors (Lipinski definition) is 3. The summed E-state index contributed by atoms with van der Waals surface area (Å²) in [7, 11) is 0. The third-order valence-electron chi connectivity index (χ3n) is 4.51. The number of pyridine rings is 1. The summed E-state index contributed by atoms with van der Waals surface area (Å²) in [5, 5.41) is 19.9. The molecule has 0 spiro atoms. The van der Waals surface area contributed by atoms with E-state index in [-0.39, 0.29) is 30.0 Å². The monoisotopic (exact) mass is 330 g/mol. The summed E-state index contributed by atoms with van der Waals surface area (Å²) < 4.78 is 0. The van der Waals surface area contributed by atoms with Crippen molar-refractivity contribution in [2.75, 3.05) is 11.9 Å². The largest absolute Gasteiger partial charge is 0.480 e. The second-order valence-corrected chi connectivity index (χ2v) is 6.14. The molecule has 1 aliphatic carbocycles. The lowest BCUT2D eigenvalue weighted by Crippen LogP contribution is -2.45. The number of likely N-dealkylation sites (tertiary alicyclic amines) is 1. The number of carbonyl (C=O) groups excluding carboxylic acids is 2. The van der Waals surface area contributed by atoms with Crippen LogP contribution in [-0.2, 0) is 14.4 Å². The average Bonchev–Trinajstić information content (AvgIpc) is 3.21. The highest BCUT2D eigenvalue weighted by Gasteiger charge is 2.56. The summed E-state index contributed by atoms with van der Waals surface area (Å²) in [5.74, 6) is -1.12. The molecule has 126 valence electrons. The Labute approximate surface area is 138 Å². The normalized spacial score (nSPS) is 24.2. The van der Waals surface area contributed by atoms with Gasteiger partial charge in [-0.15, -0.1) is 0 Å². The predicted octanol–water partition coefficient (Wildman–Crippen LogP) is 0.524. The average molecular weight is 330 g/mol. The molecule has 3 atom stereocenters. The first kappa shape index (κ1) is 16.1. The molecule has 8 heteroatoms. The van der Waals surface area contributed by atoms with Crippen molar-refractivity contribution >= 4 is 29.2 Å². The number of aliphatic carboxylic acids is 1. The number of nitrogens with one attached hydrogen (secondary N) is 2. The molecule has 1 aromatic heterocycles. The van der Waals surface area contributed by atoms with Crippen LogP contribution >= 0.6 is 0 Å². The molecular weight excluding hydrogens is 312 g/mol. The first-order chi connectivity index (χ1) is 11.4. The number of rotatable bonds is 6. The maximum Gasteiger partial charge on any atom is 0.326 e. The SMILES string of the molecule is CC(=O)C(=N)c1cccnc1NCC(=O)N1C(C(=O)O)CC2CC21. The lowest BCUT2D eigenvalue weighted by Gasteiger charge is -2.24. The van der Waals surface area contributed by atoms with Gasteiger partial charge in [0.25, 0.3) is 0 Å². The number of piperidine rings is 1. The van der Waals surface area contributed by atoms with E-state index in [0.717, 1.165) is 6.42 Å². The van der Waals surface area contributed by atoms with Gasteiger partial charge in [0.2, 0.25) is 5.91 Å². The van der Waals surface area contributed by atoms with Crippen LogP contribution in [-0.4, -0.2) is 57.0 Å². The van der Waals surface area contributed by atoms with E-state index >= 15 is 0 Å². The van der Waals surface area contributed by atoms with Crippen molar-refractivity contribution in [3.05, 3.63) is 23.9 Å². The van der Waals surface area contributed by atoms with Crippen LogP contribution in [0.25, 0.3) is 0 Å². The first-order valence-electron chi connectivity index (χ1n) is 7.73. The van der Waals surface area contributed by atoms with E-state index in [1.165, 1.54) is 18.0 Å². The zero-order valence-electron chi connectivity index (χ0n) is 13.2. The molecule has 2 fully saturated rings. The van der Waals surface area contributed by atoms with Crippen LogP contribution in [0.3, 0.4) is 0 Å². The standard InChI is InChI=1S/C16H18N4O4/c1-8(21)14(17)10-3-2-4-18-15(10)19-7-13(22)20-11-5-9(11)6-12(20)16(23)24/h2-4,9,11-12,17H,5-7H2,1H3,(H,18,19)(H,23,24). The zero-order chi connectivity index (χ0) is 17.4. The molecule has 3 N–H and O–H groups in total. The Morgan fingerprint density at radius 3 is 2.83 bits per heavy atom. The van der Waals surface area contributed by atoms with Crippen molar-refractivity contribution in [3.63, 3.8) is 0 Å². The van der Waals surface area contributed by atoms with Crippen molar-refractivity contribution in [1.29, 1.82) is 5.41 Å². The van der Waals surface area contributed by atoms with Gasteiger partial charge in [0.15, 0.2) is 5.78 Å². The molecule has 2 heterocycles. The third kappa shape index (κ3) is 2.86. The van der Waals surface area contributed by atoms with Gasteiger partial charge in [0.1, 0.15) is 17.6 Å². The second kappa shape index (κ2) is 6.03. The fraction of sp³-hybridized carbons (Fsp3) is 0.438. The Morgan fingerprint density at radius 2 is 2.17 bits per heavy atom. The number of Topliss-reactive ketones (excluding diaryl/α,β-unsaturated/α-hetero) is 1. The number of carboxylic acids is 1. The Hall–Kier alpha value is -2.77. The number of amides is 1. The number of hydrogen-bond acceptors (Lipinski definition) is 6. The summed E-state index contributed by atoms with van der Waals surface area (Å²) in [4.78, 5) is 40.6. The molecular formula is C16H18N4O4. The summed E-state index contributed by atoms with van der Waals surface area (Å²) in [5.41, 5.74) is 0.128. The molecule has 1 saturated carbocycles. The van der Waals surface area contributed by atoms with E-state index in [4.69, 9.17) is 5.41 Å². The molecule has 3 unspecified atom stereocenters. The zero-order valence-corrected chi connectivity index (χ0v) is 13.2. The van der Waals surface area contributed by atoms with Crippen molar-refractivity contribution in [2.45, 2.75) is 31.8 Å². The van der Waals surface area contributed by atoms with Crippen LogP contribution < -0.4 is 5.32 Å². The van der Waals surface area contributed by atoms with Gasteiger partial charge in [-0.2, -0.15) is 0 Å². The maximum atomic E-state index is 12.4. The maximum absolute atomic E-state index is 12.4. The molecule has 8 nitrogen and oxygen atoms in total. The van der Waals surface area contributed by atoms with E-state index in [2.05, 4.69) is 10.3 Å². The van der Waals surface area contributed by atoms with Gasteiger partial charge >= 0.3 is 5.97 Å². The highest BCUT2D eigenvalue weighted by molar-refractivity contribution is 6.45. The minimum atomic E-state index is -0.979. The quantitative estimate of drug-likeness (QED) is 0.654. The smallest absolute Gasteiger partial charge is 0.326 e. The Bertz CT molecular complexity index is 733. The summed E-state index contributed by atoms with van der Waals surface area (Å²) in [6, 6.07) is 2.45. The van der Waals surface area contributed by atoms with Crippen molar-refractivity contribution in [3.8, 4) is 0 Å². The van der Waals surface area contributed by atoms with Crippen LogP contribution in [0.1, 0.15) is 25.3 Å². The van der Waals surface area contributed by atoms with Crippen LogP contribution in [0.5, 0.6) is 0 Å². The van der Waals surface area contributed by atoms with Gasteiger partial charge < -0.3 is 15.3 Å². The lowest BCUT2D eigenvalue weighted by molar-refractivity contribution is -0.148. The Morgan fingerprint density at radius 1 is 1.42 bits per heavy atom. The number of aromatic nitrogens is 1. The van der Waals surface area contributed by atoms with Gasteiger partial charge in [0.05, 0.1) is 6.54 Å². The number of anilines is 1. The van der Waals surface area contributed by atoms with Crippen molar-refractivity contribution in [2.24, 2.45) is 5.92 Å². The van der Waals surface area contributed by atoms with E-state index in [0.29, 0.717) is 17.9 Å². The number of ketones is 1. The third-order valence-corrected chi connectivity index (χ3v) is 4.51. The van der Waals surface area contributed by atoms with Crippen molar-refractivity contribution in [1.82, 2.24) is 9.88 Å². The van der Waals surface area contributed by atoms with E-state index in [1.54, 1.807) is 12.1 Å². The predicted molar refractivity (Wildman–Crippen MR) is 85.0 cm³/mol. The van der Waals surface area contributed by atoms with E-state index in [1.807, 2.05) is 0 Å². The molecule has 1 aliphatic heterocycles. The molecule has 1 saturated heterocycles. The van der Waals surface area contributed by atoms with E-state index in [9.17, 15) is 19.5 Å². The topological polar surface area (TPSA) is 123 Å². The van der Waals surface area contributed by atoms with Gasteiger partial charge in [-0.1, -0.05) is 0 Å². The molecule has 3 rings (SSSR count). The van der Waals surface area contributed by atoms with Crippen LogP contribution in [0.4, 0.5) is 5.82 Å². The highest BCUT2D eigenvalue weighted by atomic mass is 16.4. The van der Waals surface area contributed by atoms with Gasteiger partial charge in [0, 0.05) is 24.7 Å². The molecule has 0 bridgehead atoms. The minimum Gasteiger partial charge on any atom is -0.480 e. The summed E-state index contributed by atoms with van der Waals surface area (Å²) in [6.07, 6.45) is 2.87. The molecule has 1 aromatic rings. The molecule has 2 aliphatic rings. The Balaban J connectivity index is 1.70. The molecule has 0 radical (unpaired) electrons. The summed E-state index contributed by atoms with van der Waals surface area (Å²) in [6.45, 7) is 1.17. The number of fused-ring (bicyclic) bond motifs is 1. The van der Waals surface area contributed by atoms with Crippen LogP contribution in [0, 0.1) is 11.3 Å². The van der Waals surface area contributed by atoms with E-state index < -0.39 is 17.8 Å². The second-order valence-electron chi connectivity index (χ2n) is 6.14. The fourth-order valence-corrected chi connectivity index (χ4v) is 3.22. The lowest BCUT2D eigenvalue weighted by atomic mass is 10.1. The molecule has 24 heavy (non-hydrogen) atoms. The Kier molecular flexibility index (Phi) is 4.04. The van der Waals surface area contributed by atoms with Crippen LogP contribution in [0.2, 0.25) is 0 Å². The minimum absolute atomic E-state index is 0.0270. The summed E-state index contributed by atoms with van der Waals surface area (Å²) >= 11 is 0. The van der Waals surface area contributed by atoms with Crippen molar-refractivity contribution < 1.29 is 19.5 Å². The highest BCUT2D eigenvalue weighted by Crippen LogP contribution is 2.47. The number of nitrogens with zero attached hydrogens (tertiary/aromatic N) is 2. The first-order valence-corrected chi connectivity index (χ1v) is 7.73. The number of carbonyl (C=O) groups is 3. The van der Waals surface area contributed by atoms with Gasteiger partial charge in [-0.3, -0.25) is 15.0 Å². The number of carboxylic acid groups (broad SMARTS) is 1.